The Kier molecular flexibility index (Phi) is 3.27. The van der Waals surface area contributed by atoms with Gasteiger partial charge in [0, 0.05) is 11.4 Å². The van der Waals surface area contributed by atoms with E-state index >= 15 is 0 Å². The molecule has 1 saturated carbocycles. The van der Waals surface area contributed by atoms with Crippen molar-refractivity contribution in [2.75, 3.05) is 0 Å². The van der Waals surface area contributed by atoms with Crippen molar-refractivity contribution in [2.24, 2.45) is 0 Å². The van der Waals surface area contributed by atoms with Gasteiger partial charge >= 0.3 is 0 Å². The molecule has 0 saturated heterocycles. The van der Waals surface area contributed by atoms with Gasteiger partial charge < -0.3 is 4.74 Å². The van der Waals surface area contributed by atoms with Gasteiger partial charge in [0.2, 0.25) is 0 Å². The molecule has 1 fully saturated rings. The van der Waals surface area contributed by atoms with E-state index in [1.54, 1.807) is 24.3 Å². The van der Waals surface area contributed by atoms with E-state index in [4.69, 9.17) is 16.3 Å². The number of benzene rings is 1. The lowest BCUT2D eigenvalue weighted by atomic mass is 9.96. The summed E-state index contributed by atoms with van der Waals surface area (Å²) in [6.07, 6.45) is 3.31. The minimum Gasteiger partial charge on any atom is -0.483 e. The molecular formula is C12H13ClO2. The molecule has 1 atom stereocenters. The van der Waals surface area contributed by atoms with Crippen molar-refractivity contribution in [1.29, 1.82) is 0 Å². The van der Waals surface area contributed by atoms with Crippen LogP contribution in [0.2, 0.25) is 5.02 Å². The molecule has 0 aromatic heterocycles. The first-order chi connectivity index (χ1) is 7.25. The molecule has 0 radical (unpaired) electrons. The summed E-state index contributed by atoms with van der Waals surface area (Å²) in [5.74, 6) is 0.941. The molecule has 0 amide bonds. The molecule has 0 N–H and O–H groups in total. The summed E-state index contributed by atoms with van der Waals surface area (Å²) >= 11 is 5.76. The van der Waals surface area contributed by atoms with Gasteiger partial charge in [-0.15, -0.1) is 0 Å². The van der Waals surface area contributed by atoms with Crippen LogP contribution < -0.4 is 4.74 Å². The number of carbonyl (C=O) groups excluding carboxylic acids is 1. The normalized spacial score (nSPS) is 21.4. The number of Topliss-reactive ketones (excluding diaryl/α,β-unsaturated/α-hetero) is 1. The van der Waals surface area contributed by atoms with E-state index in [0.29, 0.717) is 11.4 Å². The smallest absolute Gasteiger partial charge is 0.173 e. The number of ether oxygens (including phenoxy) is 1. The van der Waals surface area contributed by atoms with Crippen LogP contribution in [-0.2, 0) is 4.79 Å². The minimum atomic E-state index is -0.250. The maximum Gasteiger partial charge on any atom is 0.173 e. The molecule has 1 aromatic carbocycles. The molecule has 0 spiro atoms. The first-order valence-corrected chi connectivity index (χ1v) is 5.58. The summed E-state index contributed by atoms with van der Waals surface area (Å²) in [4.78, 5) is 11.5. The molecule has 2 rings (SSSR count). The number of hydrogen-bond acceptors (Lipinski definition) is 2. The fourth-order valence-corrected chi connectivity index (χ4v) is 1.88. The molecule has 80 valence electrons. The summed E-state index contributed by atoms with van der Waals surface area (Å²) in [6.45, 7) is 0. The molecule has 0 bridgehead atoms. The van der Waals surface area contributed by atoms with E-state index in [0.717, 1.165) is 25.0 Å². The standard InChI is InChI=1S/C12H13ClO2/c13-9-5-7-10(8-6-9)15-12-4-2-1-3-11(12)14/h5-8,12H,1-4H2. The van der Waals surface area contributed by atoms with Crippen LogP contribution in [0.1, 0.15) is 25.7 Å². The van der Waals surface area contributed by atoms with Crippen molar-refractivity contribution < 1.29 is 9.53 Å². The largest absolute Gasteiger partial charge is 0.483 e. The van der Waals surface area contributed by atoms with E-state index in [2.05, 4.69) is 0 Å². The third kappa shape index (κ3) is 2.72. The van der Waals surface area contributed by atoms with Crippen LogP contribution in [0.25, 0.3) is 0 Å². The number of carbonyl (C=O) groups is 1. The molecule has 1 aromatic rings. The topological polar surface area (TPSA) is 26.3 Å². The minimum absolute atomic E-state index is 0.219. The van der Waals surface area contributed by atoms with Gasteiger partial charge in [0.1, 0.15) is 5.75 Å². The van der Waals surface area contributed by atoms with E-state index in [9.17, 15) is 4.79 Å². The second-order valence-electron chi connectivity index (χ2n) is 3.77. The van der Waals surface area contributed by atoms with Crippen LogP contribution in [0.4, 0.5) is 0 Å². The Morgan fingerprint density at radius 1 is 1.20 bits per heavy atom. The van der Waals surface area contributed by atoms with E-state index in [-0.39, 0.29) is 11.9 Å². The average Bonchev–Trinajstić information content (AvgIpc) is 2.25. The molecule has 3 heteroatoms. The molecule has 1 aliphatic carbocycles. The van der Waals surface area contributed by atoms with Gasteiger partial charge in [-0.05, 0) is 43.5 Å². The maximum atomic E-state index is 11.5. The zero-order valence-corrected chi connectivity index (χ0v) is 9.17. The highest BCUT2D eigenvalue weighted by molar-refractivity contribution is 6.30. The fourth-order valence-electron chi connectivity index (χ4n) is 1.75. The van der Waals surface area contributed by atoms with Gasteiger partial charge in [0.15, 0.2) is 11.9 Å². The van der Waals surface area contributed by atoms with Crippen molar-refractivity contribution >= 4 is 17.4 Å². The van der Waals surface area contributed by atoms with Crippen molar-refractivity contribution in [2.45, 2.75) is 31.8 Å². The van der Waals surface area contributed by atoms with E-state index in [1.165, 1.54) is 0 Å². The van der Waals surface area contributed by atoms with E-state index < -0.39 is 0 Å². The van der Waals surface area contributed by atoms with Gasteiger partial charge in [0.05, 0.1) is 0 Å². The van der Waals surface area contributed by atoms with Crippen LogP contribution in [0.15, 0.2) is 24.3 Å². The summed E-state index contributed by atoms with van der Waals surface area (Å²) < 4.78 is 5.61. The number of rotatable bonds is 2. The lowest BCUT2D eigenvalue weighted by Gasteiger charge is -2.21. The van der Waals surface area contributed by atoms with Crippen LogP contribution in [-0.4, -0.2) is 11.9 Å². The van der Waals surface area contributed by atoms with Crippen LogP contribution in [0, 0.1) is 0 Å². The van der Waals surface area contributed by atoms with Gasteiger partial charge in [-0.3, -0.25) is 4.79 Å². The molecule has 0 aliphatic heterocycles. The first-order valence-electron chi connectivity index (χ1n) is 5.20. The predicted octanol–water partition coefficient (Wildman–Crippen LogP) is 3.23. The van der Waals surface area contributed by atoms with E-state index in [1.807, 2.05) is 0 Å². The van der Waals surface area contributed by atoms with Crippen molar-refractivity contribution in [1.82, 2.24) is 0 Å². The highest BCUT2D eigenvalue weighted by atomic mass is 35.5. The number of halogens is 1. The molecule has 0 heterocycles. The van der Waals surface area contributed by atoms with Gasteiger partial charge in [-0.2, -0.15) is 0 Å². The molecular weight excluding hydrogens is 212 g/mol. The van der Waals surface area contributed by atoms with Crippen LogP contribution >= 0.6 is 11.6 Å². The zero-order valence-electron chi connectivity index (χ0n) is 8.41. The monoisotopic (exact) mass is 224 g/mol. The lowest BCUT2D eigenvalue weighted by molar-refractivity contribution is -0.127. The Morgan fingerprint density at radius 3 is 2.60 bits per heavy atom. The van der Waals surface area contributed by atoms with Crippen LogP contribution in [0.3, 0.4) is 0 Å². The third-order valence-corrected chi connectivity index (χ3v) is 2.84. The molecule has 1 aliphatic rings. The highest BCUT2D eigenvalue weighted by Crippen LogP contribution is 2.22. The van der Waals surface area contributed by atoms with Gasteiger partial charge in [-0.1, -0.05) is 11.6 Å². The number of ketones is 1. The SMILES string of the molecule is O=C1CCCCC1Oc1ccc(Cl)cc1. The van der Waals surface area contributed by atoms with Crippen LogP contribution in [0.5, 0.6) is 5.75 Å². The Labute approximate surface area is 94.2 Å². The second-order valence-corrected chi connectivity index (χ2v) is 4.21. The second kappa shape index (κ2) is 4.67. The Balaban J connectivity index is 2.01. The summed E-state index contributed by atoms with van der Waals surface area (Å²) in [7, 11) is 0. The Morgan fingerprint density at radius 2 is 1.93 bits per heavy atom. The van der Waals surface area contributed by atoms with Crippen molar-refractivity contribution in [3.63, 3.8) is 0 Å². The van der Waals surface area contributed by atoms with Gasteiger partial charge in [0.25, 0.3) is 0 Å². The summed E-state index contributed by atoms with van der Waals surface area (Å²) in [5, 5.41) is 0.678. The first kappa shape index (κ1) is 10.5. The fraction of sp³-hybridized carbons (Fsp3) is 0.417. The van der Waals surface area contributed by atoms with Crippen molar-refractivity contribution in [3.05, 3.63) is 29.3 Å². The quantitative estimate of drug-likeness (QED) is 0.771. The summed E-state index contributed by atoms with van der Waals surface area (Å²) in [5.41, 5.74) is 0. The van der Waals surface area contributed by atoms with Gasteiger partial charge in [-0.25, -0.2) is 0 Å². The molecule has 1 unspecified atom stereocenters. The Bertz CT molecular complexity index is 345. The zero-order chi connectivity index (χ0) is 10.7. The third-order valence-electron chi connectivity index (χ3n) is 2.59. The lowest BCUT2D eigenvalue weighted by Crippen LogP contribution is -2.30. The predicted molar refractivity (Wildman–Crippen MR) is 59.3 cm³/mol. The average molecular weight is 225 g/mol. The number of hydrogen-bond donors (Lipinski definition) is 0. The highest BCUT2D eigenvalue weighted by Gasteiger charge is 2.23. The summed E-state index contributed by atoms with van der Waals surface area (Å²) in [6, 6.07) is 7.13. The Hall–Kier alpha value is -1.02. The van der Waals surface area contributed by atoms with Crippen molar-refractivity contribution in [3.8, 4) is 5.75 Å². The maximum absolute atomic E-state index is 11.5. The molecule has 15 heavy (non-hydrogen) atoms. The molecule has 2 nitrogen and oxygen atoms in total.